The maximum absolute atomic E-state index is 14.8. The standard InChI is InChI=1S/C18H15F/c1-3-12(2)15-10-6-8-14-11-13-7-4-5-9-16(13)18(19)17(14)15/h3-11H,1-2H3. The third-order valence-corrected chi connectivity index (χ3v) is 3.68. The molecule has 0 atom stereocenters. The number of rotatable bonds is 1. The second kappa shape index (κ2) is 4.51. The van der Waals surface area contributed by atoms with Crippen LogP contribution in [0.15, 0.2) is 54.6 Å². The van der Waals surface area contributed by atoms with Gasteiger partial charge in [0.15, 0.2) is 0 Å². The zero-order valence-corrected chi connectivity index (χ0v) is 11.1. The Bertz CT molecular complexity index is 797. The Hall–Kier alpha value is -2.15. The van der Waals surface area contributed by atoms with Crippen LogP contribution in [0.1, 0.15) is 19.4 Å². The molecule has 0 unspecified atom stereocenters. The van der Waals surface area contributed by atoms with Crippen molar-refractivity contribution in [2.45, 2.75) is 13.8 Å². The van der Waals surface area contributed by atoms with E-state index in [1.807, 2.05) is 62.4 Å². The maximum Gasteiger partial charge on any atom is 0.139 e. The Balaban J connectivity index is 2.53. The van der Waals surface area contributed by atoms with Gasteiger partial charge in [0.25, 0.3) is 0 Å². The van der Waals surface area contributed by atoms with Crippen molar-refractivity contribution in [3.05, 3.63) is 66.0 Å². The van der Waals surface area contributed by atoms with Gasteiger partial charge in [0.1, 0.15) is 5.82 Å². The largest absolute Gasteiger partial charge is 0.206 e. The van der Waals surface area contributed by atoms with Crippen molar-refractivity contribution >= 4 is 27.1 Å². The van der Waals surface area contributed by atoms with Gasteiger partial charge in [0, 0.05) is 10.8 Å². The van der Waals surface area contributed by atoms with Crippen LogP contribution < -0.4 is 0 Å². The molecule has 3 rings (SSSR count). The van der Waals surface area contributed by atoms with Crippen LogP contribution in [0.2, 0.25) is 0 Å². The lowest BCUT2D eigenvalue weighted by molar-refractivity contribution is 0.651. The molecule has 1 heteroatoms. The molecule has 0 radical (unpaired) electrons. The van der Waals surface area contributed by atoms with Gasteiger partial charge in [0.05, 0.1) is 0 Å². The highest BCUT2D eigenvalue weighted by Crippen LogP contribution is 2.32. The summed E-state index contributed by atoms with van der Waals surface area (Å²) in [6.45, 7) is 4.00. The van der Waals surface area contributed by atoms with Crippen molar-refractivity contribution in [1.29, 1.82) is 0 Å². The predicted molar refractivity (Wildman–Crippen MR) is 80.7 cm³/mol. The van der Waals surface area contributed by atoms with Gasteiger partial charge < -0.3 is 0 Å². The van der Waals surface area contributed by atoms with Gasteiger partial charge in [-0.15, -0.1) is 0 Å². The Morgan fingerprint density at radius 3 is 2.53 bits per heavy atom. The van der Waals surface area contributed by atoms with Gasteiger partial charge in [0.2, 0.25) is 0 Å². The summed E-state index contributed by atoms with van der Waals surface area (Å²) in [6.07, 6.45) is 2.02. The second-order valence-corrected chi connectivity index (χ2v) is 4.79. The molecule has 0 bridgehead atoms. The summed E-state index contributed by atoms with van der Waals surface area (Å²) in [5, 5.41) is 3.31. The van der Waals surface area contributed by atoms with E-state index < -0.39 is 0 Å². The van der Waals surface area contributed by atoms with Crippen molar-refractivity contribution in [2.75, 3.05) is 0 Å². The summed E-state index contributed by atoms with van der Waals surface area (Å²) in [6, 6.07) is 15.6. The smallest absolute Gasteiger partial charge is 0.139 e. The summed E-state index contributed by atoms with van der Waals surface area (Å²) in [5.41, 5.74) is 2.07. The fourth-order valence-electron chi connectivity index (χ4n) is 2.54. The lowest BCUT2D eigenvalue weighted by Crippen LogP contribution is -1.89. The van der Waals surface area contributed by atoms with E-state index in [1.54, 1.807) is 0 Å². The first-order valence-corrected chi connectivity index (χ1v) is 6.45. The van der Waals surface area contributed by atoms with E-state index >= 15 is 0 Å². The fraction of sp³-hybridized carbons (Fsp3) is 0.111. The molecule has 19 heavy (non-hydrogen) atoms. The van der Waals surface area contributed by atoms with Crippen LogP contribution in [0.4, 0.5) is 4.39 Å². The van der Waals surface area contributed by atoms with E-state index in [0.29, 0.717) is 5.39 Å². The number of hydrogen-bond acceptors (Lipinski definition) is 0. The monoisotopic (exact) mass is 250 g/mol. The van der Waals surface area contributed by atoms with E-state index in [-0.39, 0.29) is 5.82 Å². The molecule has 94 valence electrons. The molecule has 0 amide bonds. The minimum atomic E-state index is -0.120. The van der Waals surface area contributed by atoms with Crippen LogP contribution in [-0.4, -0.2) is 0 Å². The molecule has 3 aromatic rings. The predicted octanol–water partition coefficient (Wildman–Crippen LogP) is 5.56. The van der Waals surface area contributed by atoms with Gasteiger partial charge in [-0.1, -0.05) is 48.5 Å². The SMILES string of the molecule is CC=C(C)c1cccc2cc3ccccc3c(F)c12. The molecule has 3 aromatic carbocycles. The van der Waals surface area contributed by atoms with Gasteiger partial charge in [-0.25, -0.2) is 4.39 Å². The quantitative estimate of drug-likeness (QED) is 0.496. The summed E-state index contributed by atoms with van der Waals surface area (Å²) in [4.78, 5) is 0. The maximum atomic E-state index is 14.8. The molecular weight excluding hydrogens is 235 g/mol. The average Bonchev–Trinajstić information content (AvgIpc) is 2.46. The Kier molecular flexibility index (Phi) is 2.83. The van der Waals surface area contributed by atoms with Crippen molar-refractivity contribution in [1.82, 2.24) is 0 Å². The molecule has 0 saturated carbocycles. The van der Waals surface area contributed by atoms with Crippen molar-refractivity contribution in [3.63, 3.8) is 0 Å². The summed E-state index contributed by atoms with van der Waals surface area (Å²) in [5.74, 6) is -0.120. The molecule has 0 heterocycles. The lowest BCUT2D eigenvalue weighted by atomic mass is 9.95. The number of fused-ring (bicyclic) bond motifs is 2. The summed E-state index contributed by atoms with van der Waals surface area (Å²) < 4.78 is 14.8. The van der Waals surface area contributed by atoms with Crippen molar-refractivity contribution in [3.8, 4) is 0 Å². The van der Waals surface area contributed by atoms with Crippen molar-refractivity contribution < 1.29 is 4.39 Å². The van der Waals surface area contributed by atoms with E-state index in [1.165, 1.54) is 0 Å². The van der Waals surface area contributed by atoms with Gasteiger partial charge >= 0.3 is 0 Å². The molecule has 0 spiro atoms. The van der Waals surface area contributed by atoms with Gasteiger partial charge in [-0.2, -0.15) is 0 Å². The first-order chi connectivity index (χ1) is 9.22. The lowest BCUT2D eigenvalue weighted by Gasteiger charge is -2.10. The van der Waals surface area contributed by atoms with Crippen LogP contribution in [-0.2, 0) is 0 Å². The number of halogens is 1. The zero-order chi connectivity index (χ0) is 13.4. The highest BCUT2D eigenvalue weighted by molar-refractivity contribution is 6.03. The van der Waals surface area contributed by atoms with Gasteiger partial charge in [-0.05, 0) is 41.8 Å². The van der Waals surface area contributed by atoms with Crippen LogP contribution in [0.25, 0.3) is 27.1 Å². The molecule has 0 N–H and O–H groups in total. The highest BCUT2D eigenvalue weighted by atomic mass is 19.1. The number of benzene rings is 3. The van der Waals surface area contributed by atoms with E-state index in [0.717, 1.165) is 27.3 Å². The van der Waals surface area contributed by atoms with Crippen LogP contribution in [0.3, 0.4) is 0 Å². The minimum absolute atomic E-state index is 0.120. The summed E-state index contributed by atoms with van der Waals surface area (Å²) >= 11 is 0. The van der Waals surface area contributed by atoms with Crippen LogP contribution in [0, 0.1) is 5.82 Å². The second-order valence-electron chi connectivity index (χ2n) is 4.79. The third-order valence-electron chi connectivity index (χ3n) is 3.68. The number of allylic oxidation sites excluding steroid dienone is 2. The number of hydrogen-bond donors (Lipinski definition) is 0. The fourth-order valence-corrected chi connectivity index (χ4v) is 2.54. The Morgan fingerprint density at radius 2 is 1.74 bits per heavy atom. The minimum Gasteiger partial charge on any atom is -0.206 e. The van der Waals surface area contributed by atoms with E-state index in [4.69, 9.17) is 0 Å². The summed E-state index contributed by atoms with van der Waals surface area (Å²) in [7, 11) is 0. The topological polar surface area (TPSA) is 0 Å². The molecule has 0 aliphatic heterocycles. The normalized spacial score (nSPS) is 12.3. The van der Waals surface area contributed by atoms with Gasteiger partial charge in [-0.3, -0.25) is 0 Å². The molecule has 0 saturated heterocycles. The van der Waals surface area contributed by atoms with E-state index in [2.05, 4.69) is 6.07 Å². The van der Waals surface area contributed by atoms with Crippen LogP contribution >= 0.6 is 0 Å². The molecule has 0 fully saturated rings. The zero-order valence-electron chi connectivity index (χ0n) is 11.1. The Labute approximate surface area is 112 Å². The molecule has 0 aliphatic carbocycles. The molecule has 0 nitrogen and oxygen atoms in total. The first-order valence-electron chi connectivity index (χ1n) is 6.45. The highest BCUT2D eigenvalue weighted by Gasteiger charge is 2.11. The molecule has 0 aliphatic rings. The third kappa shape index (κ3) is 1.82. The first kappa shape index (κ1) is 11.9. The Morgan fingerprint density at radius 1 is 1.00 bits per heavy atom. The average molecular weight is 250 g/mol. The molecular formula is C18H15F. The van der Waals surface area contributed by atoms with Crippen molar-refractivity contribution in [2.24, 2.45) is 0 Å². The van der Waals surface area contributed by atoms with Crippen LogP contribution in [0.5, 0.6) is 0 Å². The molecule has 0 aromatic heterocycles. The van der Waals surface area contributed by atoms with E-state index in [9.17, 15) is 4.39 Å².